The predicted molar refractivity (Wildman–Crippen MR) is 75.6 cm³/mol. The molecule has 3 nitrogen and oxygen atoms in total. The van der Waals surface area contributed by atoms with Gasteiger partial charge in [0, 0.05) is 18.1 Å². The first kappa shape index (κ1) is 13.2. The molecule has 0 saturated carbocycles. The number of benzene rings is 1. The van der Waals surface area contributed by atoms with Crippen molar-refractivity contribution in [3.05, 3.63) is 17.7 Å². The third kappa shape index (κ3) is 1.97. The molecule has 1 heterocycles. The van der Waals surface area contributed by atoms with E-state index in [1.807, 2.05) is 0 Å². The van der Waals surface area contributed by atoms with Crippen LogP contribution < -0.4 is 14.0 Å². The Morgan fingerprint density at radius 2 is 1.67 bits per heavy atom. The number of nitrogens with zero attached hydrogens (tertiary/aromatic N) is 1. The van der Waals surface area contributed by atoms with Gasteiger partial charge in [-0.15, -0.1) is 0 Å². The van der Waals surface area contributed by atoms with Crippen LogP contribution in [0.25, 0.3) is 0 Å². The number of methoxy groups -OCH3 is 2. The Kier molecular flexibility index (Phi) is 3.81. The van der Waals surface area contributed by atoms with Crippen LogP contribution in [0.15, 0.2) is 12.1 Å². The monoisotopic (exact) mass is 250 g/mol. The predicted octanol–water partition coefficient (Wildman–Crippen LogP) is 3.00. The van der Waals surface area contributed by atoms with Crippen LogP contribution in [0, 0.1) is 0 Å². The van der Waals surface area contributed by atoms with E-state index in [2.05, 4.69) is 26.0 Å². The molecule has 1 aromatic carbocycles. The Hall–Kier alpha value is -1.22. The van der Waals surface area contributed by atoms with E-state index in [9.17, 15) is 0 Å². The van der Waals surface area contributed by atoms with Crippen LogP contribution in [-0.2, 0) is 6.42 Å². The molecule has 0 saturated heterocycles. The number of fused-ring (bicyclic) bond motifs is 1. The van der Waals surface area contributed by atoms with E-state index in [0.717, 1.165) is 35.5 Å². The number of ether oxygens (including phenoxy) is 2. The van der Waals surface area contributed by atoms with Crippen LogP contribution in [0.2, 0.25) is 0 Å². The lowest BCUT2D eigenvalue weighted by Crippen LogP contribution is -2.52. The third-order valence-electron chi connectivity index (χ3n) is 4.34. The van der Waals surface area contributed by atoms with Gasteiger partial charge in [-0.05, 0) is 26.3 Å². The van der Waals surface area contributed by atoms with Gasteiger partial charge in [0.2, 0.25) is 0 Å². The molecule has 2 rings (SSSR count). The smallest absolute Gasteiger partial charge is 0.166 e. The minimum atomic E-state index is 0.850. The van der Waals surface area contributed by atoms with E-state index >= 15 is 0 Å². The fourth-order valence-corrected chi connectivity index (χ4v) is 3.13. The number of hydrogen-bond donors (Lipinski definition) is 0. The molecule has 0 bridgehead atoms. The first-order valence-corrected chi connectivity index (χ1v) is 6.82. The van der Waals surface area contributed by atoms with E-state index in [-0.39, 0.29) is 0 Å². The maximum atomic E-state index is 5.45. The van der Waals surface area contributed by atoms with Crippen molar-refractivity contribution in [3.63, 3.8) is 0 Å². The van der Waals surface area contributed by atoms with Crippen LogP contribution in [0.5, 0.6) is 11.5 Å². The van der Waals surface area contributed by atoms with Gasteiger partial charge in [-0.2, -0.15) is 0 Å². The molecular formula is C15H24NO2+. The average molecular weight is 250 g/mol. The lowest BCUT2D eigenvalue weighted by Gasteiger charge is -2.41. The molecule has 0 fully saturated rings. The lowest BCUT2D eigenvalue weighted by atomic mass is 9.98. The Balaban J connectivity index is 2.56. The second-order valence-electron chi connectivity index (χ2n) is 4.94. The molecule has 18 heavy (non-hydrogen) atoms. The zero-order valence-electron chi connectivity index (χ0n) is 12.0. The van der Waals surface area contributed by atoms with Crippen molar-refractivity contribution >= 4 is 5.69 Å². The van der Waals surface area contributed by atoms with Crippen LogP contribution in [-0.4, -0.2) is 33.9 Å². The van der Waals surface area contributed by atoms with Crippen molar-refractivity contribution in [2.75, 3.05) is 33.9 Å². The number of hydrogen-bond acceptors (Lipinski definition) is 2. The van der Waals surface area contributed by atoms with E-state index in [1.54, 1.807) is 14.2 Å². The second-order valence-corrected chi connectivity index (χ2v) is 4.94. The van der Waals surface area contributed by atoms with Crippen molar-refractivity contribution in [2.24, 2.45) is 0 Å². The highest BCUT2D eigenvalue weighted by molar-refractivity contribution is 5.61. The summed E-state index contributed by atoms with van der Waals surface area (Å²) in [5.41, 5.74) is 2.84. The van der Waals surface area contributed by atoms with E-state index in [4.69, 9.17) is 9.47 Å². The molecular weight excluding hydrogens is 226 g/mol. The summed E-state index contributed by atoms with van der Waals surface area (Å²) < 4.78 is 11.9. The number of rotatable bonds is 4. The SMILES string of the molecule is CC[N+]1(CC)CCCc2cc(OC)c(OC)cc21. The summed E-state index contributed by atoms with van der Waals surface area (Å²) in [6.07, 6.45) is 2.40. The summed E-state index contributed by atoms with van der Waals surface area (Å²) in [5.74, 6) is 1.70. The summed E-state index contributed by atoms with van der Waals surface area (Å²) in [6.45, 7) is 8.05. The molecule has 0 atom stereocenters. The lowest BCUT2D eigenvalue weighted by molar-refractivity contribution is 0.277. The summed E-state index contributed by atoms with van der Waals surface area (Å²) in [4.78, 5) is 0. The first-order chi connectivity index (χ1) is 8.70. The van der Waals surface area contributed by atoms with E-state index in [0.29, 0.717) is 0 Å². The van der Waals surface area contributed by atoms with Gasteiger partial charge < -0.3 is 9.47 Å². The summed E-state index contributed by atoms with van der Waals surface area (Å²) in [5, 5.41) is 0. The molecule has 0 aliphatic carbocycles. The highest BCUT2D eigenvalue weighted by atomic mass is 16.5. The van der Waals surface area contributed by atoms with Crippen molar-refractivity contribution in [2.45, 2.75) is 26.7 Å². The standard InChI is InChI=1S/C15H24NO2/c1-5-16(6-2)9-7-8-12-10-14(17-3)15(18-4)11-13(12)16/h10-11H,5-9H2,1-4H3/q+1. The van der Waals surface area contributed by atoms with Crippen LogP contribution >= 0.6 is 0 Å². The Labute approximate surface area is 110 Å². The van der Waals surface area contributed by atoms with Crippen LogP contribution in [0.3, 0.4) is 0 Å². The molecule has 1 aromatic rings. The molecule has 0 spiro atoms. The average Bonchev–Trinajstić information content (AvgIpc) is 2.44. The summed E-state index contributed by atoms with van der Waals surface area (Å²) in [7, 11) is 3.41. The summed E-state index contributed by atoms with van der Waals surface area (Å²) >= 11 is 0. The fourth-order valence-electron chi connectivity index (χ4n) is 3.13. The first-order valence-electron chi connectivity index (χ1n) is 6.82. The van der Waals surface area contributed by atoms with Gasteiger partial charge in [-0.1, -0.05) is 0 Å². The highest BCUT2D eigenvalue weighted by Crippen LogP contribution is 2.41. The van der Waals surface area contributed by atoms with E-state index < -0.39 is 0 Å². The minimum absolute atomic E-state index is 0.850. The van der Waals surface area contributed by atoms with Gasteiger partial charge in [-0.3, -0.25) is 4.48 Å². The van der Waals surface area contributed by atoms with Crippen molar-refractivity contribution < 1.29 is 9.47 Å². The molecule has 0 radical (unpaired) electrons. The fraction of sp³-hybridized carbons (Fsp3) is 0.600. The largest absolute Gasteiger partial charge is 0.493 e. The van der Waals surface area contributed by atoms with E-state index in [1.165, 1.54) is 24.2 Å². The molecule has 3 heteroatoms. The quantitative estimate of drug-likeness (QED) is 0.765. The van der Waals surface area contributed by atoms with Gasteiger partial charge in [0.15, 0.2) is 11.5 Å². The maximum Gasteiger partial charge on any atom is 0.166 e. The van der Waals surface area contributed by atoms with Gasteiger partial charge in [0.1, 0.15) is 5.69 Å². The Morgan fingerprint density at radius 3 is 2.22 bits per heavy atom. The second kappa shape index (κ2) is 5.19. The van der Waals surface area contributed by atoms with Crippen molar-refractivity contribution in [1.29, 1.82) is 0 Å². The van der Waals surface area contributed by atoms with Crippen molar-refractivity contribution in [1.82, 2.24) is 4.48 Å². The van der Waals surface area contributed by atoms with Gasteiger partial charge >= 0.3 is 0 Å². The normalized spacial score (nSPS) is 17.1. The molecule has 1 aliphatic rings. The van der Waals surface area contributed by atoms with Gasteiger partial charge in [0.05, 0.1) is 33.9 Å². The third-order valence-corrected chi connectivity index (χ3v) is 4.34. The summed E-state index contributed by atoms with van der Waals surface area (Å²) in [6, 6.07) is 4.34. The molecule has 0 N–H and O–H groups in total. The zero-order valence-corrected chi connectivity index (χ0v) is 12.0. The van der Waals surface area contributed by atoms with Gasteiger partial charge in [0.25, 0.3) is 0 Å². The molecule has 100 valence electrons. The molecule has 0 aromatic heterocycles. The Morgan fingerprint density at radius 1 is 1.06 bits per heavy atom. The molecule has 0 unspecified atom stereocenters. The number of quaternary nitrogens is 1. The van der Waals surface area contributed by atoms with Crippen molar-refractivity contribution in [3.8, 4) is 11.5 Å². The van der Waals surface area contributed by atoms with Gasteiger partial charge in [-0.25, -0.2) is 0 Å². The molecule has 1 aliphatic heterocycles. The topological polar surface area (TPSA) is 18.5 Å². The number of aryl methyl sites for hydroxylation is 1. The molecule has 0 amide bonds. The minimum Gasteiger partial charge on any atom is -0.493 e. The maximum absolute atomic E-state index is 5.45. The zero-order chi connectivity index (χ0) is 13.2. The van der Waals surface area contributed by atoms with Crippen LogP contribution in [0.4, 0.5) is 5.69 Å². The Bertz CT molecular complexity index is 425. The van der Waals surface area contributed by atoms with Crippen LogP contribution in [0.1, 0.15) is 25.8 Å². The highest BCUT2D eigenvalue weighted by Gasteiger charge is 2.34.